The number of hydrogen-bond acceptors (Lipinski definition) is 3. The largest absolute Gasteiger partial charge is 0.379 e. The van der Waals surface area contributed by atoms with E-state index in [-0.39, 0.29) is 5.91 Å². The van der Waals surface area contributed by atoms with Crippen molar-refractivity contribution in [3.63, 3.8) is 0 Å². The average molecular weight is 302 g/mol. The van der Waals surface area contributed by atoms with Crippen LogP contribution in [0.5, 0.6) is 0 Å². The van der Waals surface area contributed by atoms with E-state index >= 15 is 0 Å². The number of morpholine rings is 1. The average Bonchev–Trinajstić information content (AvgIpc) is 2.61. The number of amides is 1. The number of rotatable bonds is 4. The van der Waals surface area contributed by atoms with Crippen molar-refractivity contribution in [2.75, 3.05) is 39.4 Å². The Labute approximate surface area is 133 Å². The quantitative estimate of drug-likeness (QED) is 0.856. The number of carbonyl (C=O) groups excluding carboxylic acids is 1. The summed E-state index contributed by atoms with van der Waals surface area (Å²) in [6.07, 6.45) is 4.60. The predicted octanol–water partition coefficient (Wildman–Crippen LogP) is 2.40. The van der Waals surface area contributed by atoms with E-state index in [9.17, 15) is 4.79 Å². The van der Waals surface area contributed by atoms with E-state index in [1.165, 1.54) is 6.42 Å². The highest BCUT2D eigenvalue weighted by molar-refractivity contribution is 5.94. The summed E-state index contributed by atoms with van der Waals surface area (Å²) in [7, 11) is 0. The second-order valence-electron chi connectivity index (χ2n) is 6.26. The molecule has 0 aliphatic carbocycles. The Bertz CT molecular complexity index is 471. The van der Waals surface area contributed by atoms with Crippen molar-refractivity contribution in [3.05, 3.63) is 35.9 Å². The van der Waals surface area contributed by atoms with E-state index in [0.29, 0.717) is 6.04 Å². The smallest absolute Gasteiger partial charge is 0.254 e. The maximum absolute atomic E-state index is 12.8. The van der Waals surface area contributed by atoms with E-state index in [0.717, 1.165) is 64.2 Å². The van der Waals surface area contributed by atoms with E-state index < -0.39 is 0 Å². The van der Waals surface area contributed by atoms with Gasteiger partial charge < -0.3 is 9.64 Å². The van der Waals surface area contributed by atoms with Gasteiger partial charge in [0, 0.05) is 37.8 Å². The van der Waals surface area contributed by atoms with Gasteiger partial charge in [-0.2, -0.15) is 0 Å². The maximum atomic E-state index is 12.8. The first-order valence-corrected chi connectivity index (χ1v) is 8.51. The van der Waals surface area contributed by atoms with Crippen LogP contribution in [0, 0.1) is 0 Å². The minimum Gasteiger partial charge on any atom is -0.379 e. The molecule has 22 heavy (non-hydrogen) atoms. The molecule has 4 nitrogen and oxygen atoms in total. The zero-order chi connectivity index (χ0) is 15.2. The highest BCUT2D eigenvalue weighted by Gasteiger charge is 2.27. The minimum absolute atomic E-state index is 0.201. The molecule has 2 fully saturated rings. The van der Waals surface area contributed by atoms with E-state index in [1.54, 1.807) is 0 Å². The van der Waals surface area contributed by atoms with Crippen LogP contribution in [0.3, 0.4) is 0 Å². The lowest BCUT2D eigenvalue weighted by Crippen LogP contribution is -2.46. The van der Waals surface area contributed by atoms with E-state index in [2.05, 4.69) is 9.80 Å². The molecular formula is C18H26N2O2. The lowest BCUT2D eigenvalue weighted by molar-refractivity contribution is 0.0296. The molecule has 1 atom stereocenters. The Hall–Kier alpha value is -1.39. The molecule has 0 radical (unpaired) electrons. The molecule has 1 amide bonds. The lowest BCUT2D eigenvalue weighted by Gasteiger charge is -2.37. The third kappa shape index (κ3) is 3.87. The van der Waals surface area contributed by atoms with Crippen molar-refractivity contribution >= 4 is 5.91 Å². The Morgan fingerprint density at radius 3 is 2.64 bits per heavy atom. The number of nitrogens with zero attached hydrogens (tertiary/aromatic N) is 2. The number of ether oxygens (including phenoxy) is 1. The van der Waals surface area contributed by atoms with E-state index in [1.807, 2.05) is 30.3 Å². The van der Waals surface area contributed by atoms with Gasteiger partial charge in [0.15, 0.2) is 0 Å². The summed E-state index contributed by atoms with van der Waals surface area (Å²) in [6.45, 7) is 5.72. The van der Waals surface area contributed by atoms with Crippen LogP contribution in [0.2, 0.25) is 0 Å². The summed E-state index contributed by atoms with van der Waals surface area (Å²) in [6, 6.07) is 10.1. The highest BCUT2D eigenvalue weighted by atomic mass is 16.5. The standard InChI is InChI=1S/C18H26N2O2/c21-18(16-6-2-1-3-7-16)20-10-5-4-8-17(20)9-11-19-12-14-22-15-13-19/h1-3,6-7,17H,4-5,8-15H2/t17-/m1/s1. The minimum atomic E-state index is 0.201. The maximum Gasteiger partial charge on any atom is 0.254 e. The fourth-order valence-corrected chi connectivity index (χ4v) is 3.47. The van der Waals surface area contributed by atoms with Gasteiger partial charge in [0.2, 0.25) is 0 Å². The van der Waals surface area contributed by atoms with Crippen molar-refractivity contribution in [1.29, 1.82) is 0 Å². The van der Waals surface area contributed by atoms with Gasteiger partial charge in [0.25, 0.3) is 5.91 Å². The van der Waals surface area contributed by atoms with Crippen LogP contribution in [0.4, 0.5) is 0 Å². The third-order valence-corrected chi connectivity index (χ3v) is 4.79. The summed E-state index contributed by atoms with van der Waals surface area (Å²) < 4.78 is 5.40. The van der Waals surface area contributed by atoms with Crippen LogP contribution < -0.4 is 0 Å². The SMILES string of the molecule is O=C(c1ccccc1)N1CCCC[C@@H]1CCN1CCOCC1. The first-order valence-electron chi connectivity index (χ1n) is 8.51. The van der Waals surface area contributed by atoms with Crippen LogP contribution in [0.15, 0.2) is 30.3 Å². The van der Waals surface area contributed by atoms with Gasteiger partial charge in [-0.1, -0.05) is 18.2 Å². The van der Waals surface area contributed by atoms with Gasteiger partial charge in [0.05, 0.1) is 13.2 Å². The molecule has 0 bridgehead atoms. The van der Waals surface area contributed by atoms with Crippen LogP contribution in [-0.4, -0.2) is 61.1 Å². The van der Waals surface area contributed by atoms with E-state index in [4.69, 9.17) is 4.74 Å². The molecule has 4 heteroatoms. The van der Waals surface area contributed by atoms with Gasteiger partial charge >= 0.3 is 0 Å². The van der Waals surface area contributed by atoms with Crippen LogP contribution in [0.1, 0.15) is 36.0 Å². The second kappa shape index (κ2) is 7.75. The first-order chi connectivity index (χ1) is 10.8. The van der Waals surface area contributed by atoms with Crippen LogP contribution in [0.25, 0.3) is 0 Å². The molecule has 2 aliphatic rings. The summed E-state index contributed by atoms with van der Waals surface area (Å²) in [5.74, 6) is 0.201. The van der Waals surface area contributed by atoms with Gasteiger partial charge in [-0.15, -0.1) is 0 Å². The fraction of sp³-hybridized carbons (Fsp3) is 0.611. The molecule has 3 rings (SSSR count). The van der Waals surface area contributed by atoms with Crippen LogP contribution >= 0.6 is 0 Å². The molecule has 1 aromatic carbocycles. The summed E-state index contributed by atoms with van der Waals surface area (Å²) in [5, 5.41) is 0. The number of carbonyl (C=O) groups is 1. The van der Waals surface area contributed by atoms with Gasteiger partial charge in [0.1, 0.15) is 0 Å². The molecule has 0 spiro atoms. The van der Waals surface area contributed by atoms with Gasteiger partial charge in [-0.3, -0.25) is 9.69 Å². The van der Waals surface area contributed by atoms with Crippen molar-refractivity contribution < 1.29 is 9.53 Å². The Balaban J connectivity index is 1.59. The zero-order valence-corrected chi connectivity index (χ0v) is 13.2. The number of benzene rings is 1. The normalized spacial score (nSPS) is 23.5. The molecule has 2 aliphatic heterocycles. The third-order valence-electron chi connectivity index (χ3n) is 4.79. The predicted molar refractivity (Wildman–Crippen MR) is 87.0 cm³/mol. The second-order valence-corrected chi connectivity index (χ2v) is 6.26. The summed E-state index contributed by atoms with van der Waals surface area (Å²) in [5.41, 5.74) is 0.820. The van der Waals surface area contributed by atoms with Gasteiger partial charge in [-0.25, -0.2) is 0 Å². The Morgan fingerprint density at radius 1 is 1.09 bits per heavy atom. The molecule has 0 N–H and O–H groups in total. The lowest BCUT2D eigenvalue weighted by atomic mass is 9.98. The Morgan fingerprint density at radius 2 is 1.86 bits per heavy atom. The molecule has 0 aromatic heterocycles. The summed E-state index contributed by atoms with van der Waals surface area (Å²) in [4.78, 5) is 17.3. The molecule has 2 heterocycles. The van der Waals surface area contributed by atoms with Crippen LogP contribution in [-0.2, 0) is 4.74 Å². The monoisotopic (exact) mass is 302 g/mol. The molecule has 120 valence electrons. The molecule has 0 unspecified atom stereocenters. The molecular weight excluding hydrogens is 276 g/mol. The molecule has 2 saturated heterocycles. The Kier molecular flexibility index (Phi) is 5.46. The topological polar surface area (TPSA) is 32.8 Å². The zero-order valence-electron chi connectivity index (χ0n) is 13.2. The highest BCUT2D eigenvalue weighted by Crippen LogP contribution is 2.22. The summed E-state index contributed by atoms with van der Waals surface area (Å²) >= 11 is 0. The van der Waals surface area contributed by atoms with Crippen molar-refractivity contribution in [1.82, 2.24) is 9.80 Å². The fourth-order valence-electron chi connectivity index (χ4n) is 3.47. The number of likely N-dealkylation sites (tertiary alicyclic amines) is 1. The van der Waals surface area contributed by atoms with Crippen molar-refractivity contribution in [3.8, 4) is 0 Å². The van der Waals surface area contributed by atoms with Crippen molar-refractivity contribution in [2.24, 2.45) is 0 Å². The molecule has 0 saturated carbocycles. The van der Waals surface area contributed by atoms with Gasteiger partial charge in [-0.05, 0) is 37.8 Å². The number of piperidine rings is 1. The first kappa shape index (κ1) is 15.5. The number of hydrogen-bond donors (Lipinski definition) is 0. The molecule has 1 aromatic rings. The van der Waals surface area contributed by atoms with Crippen molar-refractivity contribution in [2.45, 2.75) is 31.7 Å².